The molecule has 0 aliphatic carbocycles. The van der Waals surface area contributed by atoms with Crippen LogP contribution in [0.15, 0.2) is 89.8 Å². The predicted octanol–water partition coefficient (Wildman–Crippen LogP) is 4.07. The highest BCUT2D eigenvalue weighted by atomic mass is 32.2. The van der Waals surface area contributed by atoms with Gasteiger partial charge in [-0.3, -0.25) is 0 Å². The van der Waals surface area contributed by atoms with Crippen molar-refractivity contribution in [1.29, 1.82) is 0 Å². The Morgan fingerprint density at radius 1 is 0.935 bits per heavy atom. The maximum Gasteiger partial charge on any atom is 0.266 e. The minimum atomic E-state index is -3.91. The number of benzene rings is 3. The highest BCUT2D eigenvalue weighted by molar-refractivity contribution is 7.93. The summed E-state index contributed by atoms with van der Waals surface area (Å²) in [5.41, 5.74) is 1.69. The van der Waals surface area contributed by atoms with Gasteiger partial charge in [-0.2, -0.15) is 0 Å². The number of sulfonamides is 1. The average molecular weight is 455 g/mol. The van der Waals surface area contributed by atoms with Crippen LogP contribution in [0.3, 0.4) is 0 Å². The van der Waals surface area contributed by atoms with Crippen LogP contribution in [0.25, 0.3) is 10.2 Å². The van der Waals surface area contributed by atoms with Gasteiger partial charge in [0.15, 0.2) is 0 Å². The van der Waals surface area contributed by atoms with Crippen molar-refractivity contribution >= 4 is 36.7 Å². The van der Waals surface area contributed by atoms with Crippen molar-refractivity contribution in [3.05, 3.63) is 90.5 Å². The predicted molar refractivity (Wildman–Crippen MR) is 123 cm³/mol. The first kappa shape index (κ1) is 21.5. The molecular weight excluding hydrogens is 432 g/mol. The largest absolute Gasteiger partial charge is 0.389 e. The zero-order valence-corrected chi connectivity index (χ0v) is 18.3. The molecule has 0 bridgehead atoms. The van der Waals surface area contributed by atoms with Crippen molar-refractivity contribution in [3.63, 3.8) is 0 Å². The molecule has 0 unspecified atom stereocenters. The van der Waals surface area contributed by atoms with Crippen LogP contribution in [0.1, 0.15) is 5.56 Å². The van der Waals surface area contributed by atoms with Crippen LogP contribution < -0.4 is 4.31 Å². The molecule has 8 heteroatoms. The number of ether oxygens (including phenoxy) is 1. The SMILES string of the molecule is O=S(=O)(c1ccccc1)N(C[C@H](O)COCc1ccccc1)c1nc2ccccc2s1. The first-order chi connectivity index (χ1) is 15.0. The first-order valence-corrected chi connectivity index (χ1v) is 12.0. The molecule has 1 heterocycles. The maximum absolute atomic E-state index is 13.4. The van der Waals surface area contributed by atoms with Crippen molar-refractivity contribution in [2.24, 2.45) is 0 Å². The number of rotatable bonds is 9. The maximum atomic E-state index is 13.4. The number of anilines is 1. The lowest BCUT2D eigenvalue weighted by Gasteiger charge is -2.24. The average Bonchev–Trinajstić information content (AvgIpc) is 3.22. The second-order valence-electron chi connectivity index (χ2n) is 6.97. The zero-order chi connectivity index (χ0) is 21.7. The van der Waals surface area contributed by atoms with Gasteiger partial charge in [0, 0.05) is 0 Å². The molecule has 0 fully saturated rings. The molecule has 0 radical (unpaired) electrons. The van der Waals surface area contributed by atoms with E-state index in [0.29, 0.717) is 17.3 Å². The quantitative estimate of drug-likeness (QED) is 0.412. The van der Waals surface area contributed by atoms with Crippen molar-refractivity contribution in [2.75, 3.05) is 17.5 Å². The number of hydrogen-bond donors (Lipinski definition) is 1. The third-order valence-corrected chi connectivity index (χ3v) is 7.57. The Balaban J connectivity index is 1.56. The molecule has 160 valence electrons. The van der Waals surface area contributed by atoms with E-state index < -0.39 is 16.1 Å². The van der Waals surface area contributed by atoms with Crippen molar-refractivity contribution in [2.45, 2.75) is 17.6 Å². The summed E-state index contributed by atoms with van der Waals surface area (Å²) in [7, 11) is -3.91. The van der Waals surface area contributed by atoms with Gasteiger partial charge in [0.2, 0.25) is 5.13 Å². The molecule has 0 amide bonds. The summed E-state index contributed by atoms with van der Waals surface area (Å²) in [5, 5.41) is 10.9. The number of hydrogen-bond acceptors (Lipinski definition) is 6. The summed E-state index contributed by atoms with van der Waals surface area (Å²) in [4.78, 5) is 4.64. The van der Waals surface area contributed by atoms with E-state index in [9.17, 15) is 13.5 Å². The summed E-state index contributed by atoms with van der Waals surface area (Å²) in [5.74, 6) is 0. The van der Waals surface area contributed by atoms with E-state index >= 15 is 0 Å². The fraction of sp³-hybridized carbons (Fsp3) is 0.174. The minimum absolute atomic E-state index is 0.000594. The van der Waals surface area contributed by atoms with Crippen molar-refractivity contribution in [1.82, 2.24) is 4.98 Å². The minimum Gasteiger partial charge on any atom is -0.389 e. The van der Waals surface area contributed by atoms with Crippen LogP contribution in [0.5, 0.6) is 0 Å². The van der Waals surface area contributed by atoms with Crippen LogP contribution in [0.2, 0.25) is 0 Å². The van der Waals surface area contributed by atoms with Gasteiger partial charge < -0.3 is 9.84 Å². The van der Waals surface area contributed by atoms with Crippen molar-refractivity contribution in [3.8, 4) is 0 Å². The van der Waals surface area contributed by atoms with Crippen LogP contribution in [0.4, 0.5) is 5.13 Å². The molecule has 1 N–H and O–H groups in total. The topological polar surface area (TPSA) is 79.7 Å². The Morgan fingerprint density at radius 3 is 2.29 bits per heavy atom. The second kappa shape index (κ2) is 9.57. The van der Waals surface area contributed by atoms with E-state index in [4.69, 9.17) is 4.74 Å². The smallest absolute Gasteiger partial charge is 0.266 e. The Hall–Kier alpha value is -2.78. The zero-order valence-electron chi connectivity index (χ0n) is 16.7. The Labute approximate surface area is 185 Å². The summed E-state index contributed by atoms with van der Waals surface area (Å²) in [6, 6.07) is 25.2. The number of fused-ring (bicyclic) bond motifs is 1. The molecule has 0 spiro atoms. The number of para-hydroxylation sites is 1. The number of aliphatic hydroxyl groups is 1. The molecule has 31 heavy (non-hydrogen) atoms. The summed E-state index contributed by atoms with van der Waals surface area (Å²) >= 11 is 1.27. The van der Waals surface area contributed by atoms with Crippen LogP contribution in [0, 0.1) is 0 Å². The standard InChI is InChI=1S/C23H22N2O4S2/c26-19(17-29-16-18-9-3-1-4-10-18)15-25(31(27,28)20-11-5-2-6-12-20)23-24-21-13-7-8-14-22(21)30-23/h1-14,19,26H,15-17H2/t19-/m0/s1. The van der Waals surface area contributed by atoms with Crippen molar-refractivity contribution < 1.29 is 18.3 Å². The molecule has 4 aromatic rings. The monoisotopic (exact) mass is 454 g/mol. The van der Waals surface area contributed by atoms with E-state index in [1.54, 1.807) is 18.2 Å². The lowest BCUT2D eigenvalue weighted by molar-refractivity contribution is 0.0334. The Bertz CT molecular complexity index is 1200. The van der Waals surface area contributed by atoms with Gasteiger partial charge in [0.05, 0.1) is 41.0 Å². The third kappa shape index (κ3) is 5.11. The van der Waals surface area contributed by atoms with E-state index in [1.165, 1.54) is 27.8 Å². The number of nitrogens with zero attached hydrogens (tertiary/aromatic N) is 2. The van der Waals surface area contributed by atoms with Gasteiger partial charge >= 0.3 is 0 Å². The molecule has 1 atom stereocenters. The molecule has 0 aliphatic heterocycles. The van der Waals surface area contributed by atoms with Gasteiger partial charge in [-0.05, 0) is 29.8 Å². The second-order valence-corrected chi connectivity index (χ2v) is 9.84. The normalized spacial score (nSPS) is 12.7. The van der Waals surface area contributed by atoms with Gasteiger partial charge in [-0.15, -0.1) is 0 Å². The van der Waals surface area contributed by atoms with E-state index in [1.807, 2.05) is 54.6 Å². The highest BCUT2D eigenvalue weighted by Gasteiger charge is 2.29. The third-order valence-electron chi connectivity index (χ3n) is 4.63. The summed E-state index contributed by atoms with van der Waals surface area (Å²) in [6.07, 6.45) is -1.02. The number of aliphatic hydroxyl groups excluding tert-OH is 1. The molecular formula is C23H22N2O4S2. The van der Waals surface area contributed by atoms with Crippen LogP contribution >= 0.6 is 11.3 Å². The molecule has 1 aromatic heterocycles. The molecule has 0 saturated carbocycles. The lowest BCUT2D eigenvalue weighted by atomic mass is 10.2. The number of aromatic nitrogens is 1. The lowest BCUT2D eigenvalue weighted by Crippen LogP contribution is -2.39. The van der Waals surface area contributed by atoms with E-state index in [0.717, 1.165) is 10.3 Å². The molecule has 0 aliphatic rings. The Morgan fingerprint density at radius 2 is 1.58 bits per heavy atom. The van der Waals surface area contributed by atoms with Gasteiger partial charge in [-0.25, -0.2) is 17.7 Å². The van der Waals surface area contributed by atoms with E-state index in [2.05, 4.69) is 4.98 Å². The number of thiazole rings is 1. The van der Waals surface area contributed by atoms with Crippen LogP contribution in [-0.4, -0.2) is 37.8 Å². The fourth-order valence-corrected chi connectivity index (χ4v) is 5.76. The molecule has 3 aromatic carbocycles. The highest BCUT2D eigenvalue weighted by Crippen LogP contribution is 2.32. The van der Waals surface area contributed by atoms with Gasteiger partial charge in [-0.1, -0.05) is 72.0 Å². The van der Waals surface area contributed by atoms with Gasteiger partial charge in [0.25, 0.3) is 10.0 Å². The Kier molecular flexibility index (Phi) is 6.62. The summed E-state index contributed by atoms with van der Waals surface area (Å²) < 4.78 is 34.4. The molecule has 6 nitrogen and oxygen atoms in total. The summed E-state index contributed by atoms with van der Waals surface area (Å²) in [6.45, 7) is 0.177. The van der Waals surface area contributed by atoms with Gasteiger partial charge in [0.1, 0.15) is 0 Å². The first-order valence-electron chi connectivity index (χ1n) is 9.77. The fourth-order valence-electron chi connectivity index (χ4n) is 3.10. The van der Waals surface area contributed by atoms with E-state index in [-0.39, 0.29) is 18.0 Å². The molecule has 4 rings (SSSR count). The molecule has 0 saturated heterocycles. The van der Waals surface area contributed by atoms with Crippen LogP contribution in [-0.2, 0) is 21.4 Å².